The summed E-state index contributed by atoms with van der Waals surface area (Å²) in [5, 5.41) is 5.77. The molecule has 0 saturated carbocycles. The lowest BCUT2D eigenvalue weighted by molar-refractivity contribution is -0.120. The number of rotatable bonds is 6. The number of hydrogen-bond donors (Lipinski definition) is 2. The number of carbonyl (C=O) groups excluding carboxylic acids is 1. The Labute approximate surface area is 169 Å². The van der Waals surface area contributed by atoms with Gasteiger partial charge in [-0.25, -0.2) is 4.98 Å². The molecular formula is C21H27N5O3. The molecular weight excluding hydrogens is 370 g/mol. The first-order valence-corrected chi connectivity index (χ1v) is 9.60. The number of benzene rings is 1. The van der Waals surface area contributed by atoms with Crippen LogP contribution in [0.4, 0.5) is 0 Å². The van der Waals surface area contributed by atoms with E-state index in [4.69, 9.17) is 4.74 Å². The van der Waals surface area contributed by atoms with Crippen molar-refractivity contribution in [2.45, 2.75) is 53.5 Å². The number of carbonyl (C=O) groups is 1. The number of ether oxygens (including phenoxy) is 1. The molecule has 0 spiro atoms. The summed E-state index contributed by atoms with van der Waals surface area (Å²) in [6.45, 7) is 10.0. The maximum Gasteiger partial charge on any atom is 0.277 e. The van der Waals surface area contributed by atoms with Gasteiger partial charge in [-0.05, 0) is 55.5 Å². The van der Waals surface area contributed by atoms with Crippen LogP contribution in [0.2, 0.25) is 0 Å². The highest BCUT2D eigenvalue weighted by atomic mass is 16.5. The Morgan fingerprint density at radius 1 is 1.24 bits per heavy atom. The van der Waals surface area contributed by atoms with Gasteiger partial charge in [0.15, 0.2) is 0 Å². The van der Waals surface area contributed by atoms with Crippen LogP contribution in [-0.4, -0.2) is 32.6 Å². The summed E-state index contributed by atoms with van der Waals surface area (Å²) in [7, 11) is 1.66. The molecule has 0 aliphatic rings. The standard InChI is InChI=1S/C21H27N5O3/c1-11(2)16-8-15(12(3)7-18(16)29-6)10-22-19(27)9-17-13(4)23-21-24-14(5)25-26(21)20(17)28/h7-8,11H,9-10H2,1-6H3,(H,22,27)(H,23,24,25). The Bertz CT molecular complexity index is 1130. The molecule has 0 aliphatic carbocycles. The summed E-state index contributed by atoms with van der Waals surface area (Å²) < 4.78 is 6.74. The van der Waals surface area contributed by atoms with E-state index in [0.29, 0.717) is 35.3 Å². The van der Waals surface area contributed by atoms with E-state index in [-0.39, 0.29) is 17.9 Å². The molecule has 0 atom stereocenters. The molecule has 2 heterocycles. The lowest BCUT2D eigenvalue weighted by Crippen LogP contribution is -2.30. The molecule has 0 unspecified atom stereocenters. The van der Waals surface area contributed by atoms with E-state index < -0.39 is 0 Å². The molecule has 2 aromatic heterocycles. The van der Waals surface area contributed by atoms with Crippen LogP contribution >= 0.6 is 0 Å². The Morgan fingerprint density at radius 3 is 2.62 bits per heavy atom. The number of aryl methyl sites for hydroxylation is 3. The number of aromatic amines is 1. The fourth-order valence-electron chi connectivity index (χ4n) is 3.34. The number of hydrogen-bond acceptors (Lipinski definition) is 5. The van der Waals surface area contributed by atoms with Crippen molar-refractivity contribution < 1.29 is 9.53 Å². The molecule has 3 aromatic rings. The maximum absolute atomic E-state index is 12.7. The maximum atomic E-state index is 12.7. The van der Waals surface area contributed by atoms with E-state index in [1.54, 1.807) is 21.0 Å². The van der Waals surface area contributed by atoms with Gasteiger partial charge in [0.05, 0.1) is 19.2 Å². The number of aromatic nitrogens is 4. The van der Waals surface area contributed by atoms with Crippen LogP contribution in [0.1, 0.15) is 53.5 Å². The molecule has 2 N–H and O–H groups in total. The van der Waals surface area contributed by atoms with Crippen molar-refractivity contribution in [3.8, 4) is 5.75 Å². The second kappa shape index (κ2) is 8.06. The molecule has 0 fully saturated rings. The van der Waals surface area contributed by atoms with Crippen molar-refractivity contribution in [1.29, 1.82) is 0 Å². The second-order valence-electron chi connectivity index (χ2n) is 7.55. The third-order valence-corrected chi connectivity index (χ3v) is 5.03. The van der Waals surface area contributed by atoms with Crippen molar-refractivity contribution in [3.63, 3.8) is 0 Å². The van der Waals surface area contributed by atoms with Crippen molar-refractivity contribution in [3.05, 3.63) is 56.3 Å². The van der Waals surface area contributed by atoms with Crippen LogP contribution in [0.25, 0.3) is 5.78 Å². The number of methoxy groups -OCH3 is 1. The molecule has 29 heavy (non-hydrogen) atoms. The van der Waals surface area contributed by atoms with E-state index in [0.717, 1.165) is 22.4 Å². The van der Waals surface area contributed by atoms with Gasteiger partial charge in [-0.2, -0.15) is 9.50 Å². The Balaban J connectivity index is 1.78. The summed E-state index contributed by atoms with van der Waals surface area (Å²) in [4.78, 5) is 33.7. The van der Waals surface area contributed by atoms with E-state index >= 15 is 0 Å². The average Bonchev–Trinajstić information content (AvgIpc) is 3.03. The van der Waals surface area contributed by atoms with Crippen molar-refractivity contribution in [1.82, 2.24) is 24.9 Å². The van der Waals surface area contributed by atoms with Gasteiger partial charge in [-0.1, -0.05) is 13.8 Å². The van der Waals surface area contributed by atoms with Gasteiger partial charge >= 0.3 is 0 Å². The lowest BCUT2D eigenvalue weighted by atomic mass is 9.96. The zero-order chi connectivity index (χ0) is 21.3. The summed E-state index contributed by atoms with van der Waals surface area (Å²) in [5.41, 5.74) is 3.73. The number of fused-ring (bicyclic) bond motifs is 1. The topological polar surface area (TPSA) is 101 Å². The van der Waals surface area contributed by atoms with Gasteiger partial charge in [-0.15, -0.1) is 0 Å². The second-order valence-corrected chi connectivity index (χ2v) is 7.55. The highest BCUT2D eigenvalue weighted by Gasteiger charge is 2.16. The average molecular weight is 397 g/mol. The predicted octanol–water partition coefficient (Wildman–Crippen LogP) is 2.33. The fourth-order valence-corrected chi connectivity index (χ4v) is 3.34. The number of amides is 1. The van der Waals surface area contributed by atoms with Crippen molar-refractivity contribution in [2.75, 3.05) is 7.11 Å². The largest absolute Gasteiger partial charge is 0.496 e. The van der Waals surface area contributed by atoms with Gasteiger partial charge in [0.25, 0.3) is 11.3 Å². The van der Waals surface area contributed by atoms with Crippen LogP contribution in [-0.2, 0) is 17.8 Å². The van der Waals surface area contributed by atoms with E-state index in [9.17, 15) is 9.59 Å². The van der Waals surface area contributed by atoms with E-state index in [1.165, 1.54) is 4.52 Å². The van der Waals surface area contributed by atoms with Gasteiger partial charge < -0.3 is 10.1 Å². The molecule has 1 amide bonds. The Morgan fingerprint density at radius 2 is 1.97 bits per heavy atom. The lowest BCUT2D eigenvalue weighted by Gasteiger charge is -2.16. The van der Waals surface area contributed by atoms with Crippen LogP contribution in [0, 0.1) is 20.8 Å². The van der Waals surface area contributed by atoms with Crippen molar-refractivity contribution >= 4 is 11.7 Å². The SMILES string of the molecule is COc1cc(C)c(CNC(=O)Cc2c(C)nc3nc(C)[nH]n3c2=O)cc1C(C)C. The monoisotopic (exact) mass is 397 g/mol. The van der Waals surface area contributed by atoms with E-state index in [1.807, 2.05) is 13.0 Å². The molecule has 1 aromatic carbocycles. The highest BCUT2D eigenvalue weighted by molar-refractivity contribution is 5.78. The minimum absolute atomic E-state index is 0.0368. The molecule has 0 radical (unpaired) electrons. The van der Waals surface area contributed by atoms with Gasteiger partial charge in [0.1, 0.15) is 11.6 Å². The first kappa shape index (κ1) is 20.6. The minimum Gasteiger partial charge on any atom is -0.496 e. The van der Waals surface area contributed by atoms with Crippen LogP contribution in [0.15, 0.2) is 16.9 Å². The highest BCUT2D eigenvalue weighted by Crippen LogP contribution is 2.29. The van der Waals surface area contributed by atoms with Crippen molar-refractivity contribution in [2.24, 2.45) is 0 Å². The zero-order valence-corrected chi connectivity index (χ0v) is 17.7. The summed E-state index contributed by atoms with van der Waals surface area (Å²) in [6, 6.07) is 4.06. The van der Waals surface area contributed by atoms with Gasteiger partial charge in [0.2, 0.25) is 5.91 Å². The Kier molecular flexibility index (Phi) is 5.72. The molecule has 8 heteroatoms. The number of H-pyrrole nitrogens is 1. The van der Waals surface area contributed by atoms with Crippen LogP contribution in [0.3, 0.4) is 0 Å². The summed E-state index contributed by atoms with van der Waals surface area (Å²) in [5.74, 6) is 1.82. The third kappa shape index (κ3) is 4.16. The first-order valence-electron chi connectivity index (χ1n) is 9.60. The minimum atomic E-state index is -0.300. The molecule has 154 valence electrons. The predicted molar refractivity (Wildman–Crippen MR) is 110 cm³/mol. The quantitative estimate of drug-likeness (QED) is 0.665. The first-order chi connectivity index (χ1) is 13.7. The van der Waals surface area contributed by atoms with Gasteiger partial charge in [0, 0.05) is 12.1 Å². The third-order valence-electron chi connectivity index (χ3n) is 5.03. The smallest absolute Gasteiger partial charge is 0.277 e. The summed E-state index contributed by atoms with van der Waals surface area (Å²) >= 11 is 0. The molecule has 0 bridgehead atoms. The van der Waals surface area contributed by atoms with Gasteiger partial charge in [-0.3, -0.25) is 14.7 Å². The molecule has 0 aliphatic heterocycles. The Hall–Kier alpha value is -3.16. The fraction of sp³-hybridized carbons (Fsp3) is 0.429. The molecule has 3 rings (SSSR count). The van der Waals surface area contributed by atoms with Crippen LogP contribution < -0.4 is 15.6 Å². The molecule has 0 saturated heterocycles. The summed E-state index contributed by atoms with van der Waals surface area (Å²) in [6.07, 6.45) is -0.0368. The zero-order valence-electron chi connectivity index (χ0n) is 17.7. The molecule has 8 nitrogen and oxygen atoms in total. The number of nitrogens with zero attached hydrogens (tertiary/aromatic N) is 3. The normalized spacial score (nSPS) is 11.3. The van der Waals surface area contributed by atoms with Crippen LogP contribution in [0.5, 0.6) is 5.75 Å². The van der Waals surface area contributed by atoms with E-state index in [2.05, 4.69) is 40.3 Å². The number of nitrogens with one attached hydrogen (secondary N) is 2.